The SMILES string of the molecule is CC/C=C\C/C=C\C/C=C\C/C=C\C/C=C\C=C/C(O)CCC(=O)O[C@H](CO/C=C/CCCCCC/C=C\CCCCCCCC)COP(=O)(O)OCCN. The zero-order valence-electron chi connectivity index (χ0n) is 34.2. The average molecular weight is 790 g/mol. The number of hydrogen-bond donors (Lipinski definition) is 3. The van der Waals surface area contributed by atoms with Crippen molar-refractivity contribution in [2.24, 2.45) is 5.73 Å². The van der Waals surface area contributed by atoms with Crippen molar-refractivity contribution in [3.8, 4) is 0 Å². The molecule has 0 bridgehead atoms. The van der Waals surface area contributed by atoms with Gasteiger partial charge in [0.05, 0.1) is 25.6 Å². The second kappa shape index (κ2) is 40.9. The summed E-state index contributed by atoms with van der Waals surface area (Å²) in [6.45, 7) is 3.80. The van der Waals surface area contributed by atoms with Gasteiger partial charge in [0.25, 0.3) is 0 Å². The van der Waals surface area contributed by atoms with E-state index in [1.165, 1.54) is 57.8 Å². The van der Waals surface area contributed by atoms with Crippen molar-refractivity contribution in [2.45, 2.75) is 154 Å². The Morgan fingerprint density at radius 1 is 0.673 bits per heavy atom. The maximum atomic E-state index is 12.6. The zero-order chi connectivity index (χ0) is 40.3. The molecular formula is C45H76NO8P. The van der Waals surface area contributed by atoms with Gasteiger partial charge in [-0.2, -0.15) is 0 Å². The van der Waals surface area contributed by atoms with Crippen LogP contribution in [0.3, 0.4) is 0 Å². The second-order valence-electron chi connectivity index (χ2n) is 13.4. The second-order valence-corrected chi connectivity index (χ2v) is 14.8. The molecule has 0 fully saturated rings. The molecule has 0 aromatic heterocycles. The zero-order valence-corrected chi connectivity index (χ0v) is 35.1. The van der Waals surface area contributed by atoms with Crippen LogP contribution in [0.1, 0.15) is 142 Å². The Morgan fingerprint density at radius 3 is 1.80 bits per heavy atom. The third-order valence-corrected chi connectivity index (χ3v) is 9.15. The summed E-state index contributed by atoms with van der Waals surface area (Å²) >= 11 is 0. The monoisotopic (exact) mass is 790 g/mol. The van der Waals surface area contributed by atoms with Crippen molar-refractivity contribution in [2.75, 3.05) is 26.4 Å². The summed E-state index contributed by atoms with van der Waals surface area (Å²) in [7, 11) is -4.37. The van der Waals surface area contributed by atoms with Crippen LogP contribution >= 0.6 is 7.82 Å². The summed E-state index contributed by atoms with van der Waals surface area (Å²) in [6.07, 6.45) is 51.3. The molecule has 55 heavy (non-hydrogen) atoms. The first-order valence-corrected chi connectivity index (χ1v) is 22.4. The van der Waals surface area contributed by atoms with Gasteiger partial charge >= 0.3 is 13.8 Å². The van der Waals surface area contributed by atoms with Gasteiger partial charge in [-0.15, -0.1) is 0 Å². The molecule has 314 valence electrons. The first-order chi connectivity index (χ1) is 26.8. The molecule has 0 spiro atoms. The molecule has 0 amide bonds. The number of phosphoric acid groups is 1. The maximum absolute atomic E-state index is 12.6. The van der Waals surface area contributed by atoms with E-state index >= 15 is 0 Å². The van der Waals surface area contributed by atoms with Crippen molar-refractivity contribution in [3.63, 3.8) is 0 Å². The topological polar surface area (TPSA) is 138 Å². The van der Waals surface area contributed by atoms with E-state index in [1.807, 2.05) is 18.2 Å². The number of ether oxygens (including phenoxy) is 2. The predicted molar refractivity (Wildman–Crippen MR) is 229 cm³/mol. The van der Waals surface area contributed by atoms with E-state index in [9.17, 15) is 19.4 Å². The standard InChI is InChI=1S/C45H76NO8P/c1-3-5-7-9-11-13-15-17-19-21-23-25-27-29-31-33-35-43(47)36-37-45(48)54-44(42-53-55(49,50)52-40-38-46)41-51-39-34-32-30-28-26-24-22-20-18-16-14-12-10-8-6-4-2/h5,7,11,13,17-20,23,25,29,31,33-35,39,43-44,47H,3-4,6,8-10,12,14-16,21-22,24,26-28,30,32,36-38,40-42,46H2,1-2H3,(H,49,50)/b7-5-,13-11-,19-17-,20-18-,25-23-,31-29-,35-33-,39-34+/t43?,44-/m1/s1. The third kappa shape index (κ3) is 40.7. The molecule has 0 aromatic rings. The Kier molecular flexibility index (Phi) is 38.8. The van der Waals surface area contributed by atoms with E-state index in [0.717, 1.165) is 57.8 Å². The minimum atomic E-state index is -4.37. The highest BCUT2D eigenvalue weighted by molar-refractivity contribution is 7.47. The summed E-state index contributed by atoms with van der Waals surface area (Å²) in [6, 6.07) is 0. The maximum Gasteiger partial charge on any atom is 0.472 e. The molecule has 0 heterocycles. The van der Waals surface area contributed by atoms with Crippen LogP contribution in [0.4, 0.5) is 0 Å². The van der Waals surface area contributed by atoms with Crippen LogP contribution in [-0.2, 0) is 27.9 Å². The molecule has 3 atom stereocenters. The number of nitrogens with two attached hydrogens (primary N) is 1. The lowest BCUT2D eigenvalue weighted by Gasteiger charge is -2.19. The molecule has 0 radical (unpaired) electrons. The van der Waals surface area contributed by atoms with E-state index in [1.54, 1.807) is 18.4 Å². The molecule has 0 rings (SSSR count). The average Bonchev–Trinajstić information content (AvgIpc) is 3.17. The molecule has 0 aliphatic heterocycles. The minimum absolute atomic E-state index is 0.0500. The number of rotatable bonds is 38. The number of aliphatic hydroxyl groups is 1. The summed E-state index contributed by atoms with van der Waals surface area (Å²) in [5, 5.41) is 10.3. The van der Waals surface area contributed by atoms with Gasteiger partial charge in [0.2, 0.25) is 0 Å². The number of unbranched alkanes of at least 4 members (excludes halogenated alkanes) is 11. The van der Waals surface area contributed by atoms with Crippen LogP contribution in [-0.4, -0.2) is 54.5 Å². The summed E-state index contributed by atoms with van der Waals surface area (Å²) in [4.78, 5) is 22.4. The fourth-order valence-corrected chi connectivity index (χ4v) is 5.83. The van der Waals surface area contributed by atoms with E-state index in [2.05, 4.69) is 74.6 Å². The lowest BCUT2D eigenvalue weighted by atomic mass is 10.1. The van der Waals surface area contributed by atoms with Crippen molar-refractivity contribution in [1.29, 1.82) is 0 Å². The first kappa shape index (κ1) is 52.2. The molecule has 0 aliphatic rings. The highest BCUT2D eigenvalue weighted by Crippen LogP contribution is 2.43. The number of esters is 1. The Morgan fingerprint density at radius 2 is 1.22 bits per heavy atom. The van der Waals surface area contributed by atoms with Crippen molar-refractivity contribution in [3.05, 3.63) is 97.4 Å². The Labute approximate surface area is 334 Å². The van der Waals surface area contributed by atoms with Crippen LogP contribution in [0.15, 0.2) is 97.4 Å². The summed E-state index contributed by atoms with van der Waals surface area (Å²) < 4.78 is 32.9. The van der Waals surface area contributed by atoms with Crippen molar-refractivity contribution in [1.82, 2.24) is 0 Å². The molecule has 2 unspecified atom stereocenters. The quantitative estimate of drug-likeness (QED) is 0.0139. The van der Waals surface area contributed by atoms with Gasteiger partial charge in [0.15, 0.2) is 6.10 Å². The van der Waals surface area contributed by atoms with Crippen LogP contribution < -0.4 is 5.73 Å². The highest BCUT2D eigenvalue weighted by atomic mass is 31.2. The molecule has 0 aromatic carbocycles. The number of carbonyl (C=O) groups is 1. The van der Waals surface area contributed by atoms with Crippen LogP contribution in [0.5, 0.6) is 0 Å². The van der Waals surface area contributed by atoms with E-state index in [0.29, 0.717) is 0 Å². The molecule has 10 heteroatoms. The Bertz CT molecular complexity index is 1170. The van der Waals surface area contributed by atoms with E-state index in [4.69, 9.17) is 24.3 Å². The lowest BCUT2D eigenvalue weighted by Crippen LogP contribution is -2.28. The van der Waals surface area contributed by atoms with Gasteiger partial charge in [-0.25, -0.2) is 4.57 Å². The van der Waals surface area contributed by atoms with Gasteiger partial charge in [-0.1, -0.05) is 144 Å². The third-order valence-electron chi connectivity index (χ3n) is 8.17. The molecule has 9 nitrogen and oxygen atoms in total. The molecule has 4 N–H and O–H groups in total. The smallest absolute Gasteiger partial charge is 0.472 e. The minimum Gasteiger partial charge on any atom is -0.498 e. The lowest BCUT2D eigenvalue weighted by molar-refractivity contribution is -0.153. The first-order valence-electron chi connectivity index (χ1n) is 20.9. The molecular weight excluding hydrogens is 713 g/mol. The molecule has 0 aliphatic carbocycles. The molecule has 0 saturated heterocycles. The Hall–Kier alpha value is -2.78. The fraction of sp³-hybridized carbons (Fsp3) is 0.622. The van der Waals surface area contributed by atoms with Gasteiger partial charge in [-0.05, 0) is 83.1 Å². The Balaban J connectivity index is 4.40. The number of phosphoric ester groups is 1. The van der Waals surface area contributed by atoms with Gasteiger partial charge < -0.3 is 25.2 Å². The van der Waals surface area contributed by atoms with Crippen molar-refractivity contribution < 1.29 is 37.9 Å². The highest BCUT2D eigenvalue weighted by Gasteiger charge is 2.25. The normalized spacial score (nSPS) is 15.0. The number of carbonyl (C=O) groups excluding carboxylic acids is 1. The summed E-state index contributed by atoms with van der Waals surface area (Å²) in [5.74, 6) is -0.587. The van der Waals surface area contributed by atoms with Gasteiger partial charge in [0.1, 0.15) is 6.61 Å². The van der Waals surface area contributed by atoms with Crippen LogP contribution in [0, 0.1) is 0 Å². The van der Waals surface area contributed by atoms with Crippen molar-refractivity contribution >= 4 is 13.8 Å². The molecule has 0 saturated carbocycles. The summed E-state index contributed by atoms with van der Waals surface area (Å²) in [5.41, 5.74) is 5.34. The number of allylic oxidation sites excluding steroid dienone is 14. The fourth-order valence-electron chi connectivity index (χ4n) is 5.06. The largest absolute Gasteiger partial charge is 0.498 e. The predicted octanol–water partition coefficient (Wildman–Crippen LogP) is 11.6. The van der Waals surface area contributed by atoms with E-state index in [-0.39, 0.29) is 32.6 Å². The van der Waals surface area contributed by atoms with Gasteiger partial charge in [0, 0.05) is 13.0 Å². The van der Waals surface area contributed by atoms with Crippen LogP contribution in [0.25, 0.3) is 0 Å². The number of aliphatic hydroxyl groups excluding tert-OH is 1. The number of hydrogen-bond acceptors (Lipinski definition) is 8. The van der Waals surface area contributed by atoms with Crippen LogP contribution in [0.2, 0.25) is 0 Å². The van der Waals surface area contributed by atoms with E-state index < -0.39 is 32.6 Å². The van der Waals surface area contributed by atoms with Gasteiger partial charge in [-0.3, -0.25) is 13.8 Å².